The van der Waals surface area contributed by atoms with Crippen LogP contribution in [0, 0.1) is 0 Å². The molecule has 0 heterocycles. The summed E-state index contributed by atoms with van der Waals surface area (Å²) in [4.78, 5) is 12.4. The van der Waals surface area contributed by atoms with Crippen molar-refractivity contribution >= 4 is 5.97 Å². The lowest BCUT2D eigenvalue weighted by atomic mass is 10.1. The molecule has 0 unspecified atom stereocenters. The predicted octanol–water partition coefficient (Wildman–Crippen LogP) is 6.04. The van der Waals surface area contributed by atoms with Crippen molar-refractivity contribution in [3.8, 4) is 0 Å². The fourth-order valence-corrected chi connectivity index (χ4v) is 2.94. The first-order valence-corrected chi connectivity index (χ1v) is 10.2. The summed E-state index contributed by atoms with van der Waals surface area (Å²) in [5, 5.41) is 8.67. The summed E-state index contributed by atoms with van der Waals surface area (Å²) in [5.74, 6) is -0.733. The standard InChI is InChI=1S/C21H41NO2/c1-3-4-5-6-7-8-9-10-11-12-13-14-15-16-17-18-19-22(2)20-21(23)24/h8-9H,3-7,10-20H2,1-2H3,(H,23,24)/b9-8+. The van der Waals surface area contributed by atoms with Crippen molar-refractivity contribution in [2.75, 3.05) is 20.1 Å². The molecule has 0 aliphatic heterocycles. The van der Waals surface area contributed by atoms with Crippen molar-refractivity contribution in [3.63, 3.8) is 0 Å². The van der Waals surface area contributed by atoms with Crippen LogP contribution in [0.15, 0.2) is 12.2 Å². The number of nitrogens with zero attached hydrogens (tertiary/aromatic N) is 1. The molecule has 0 aromatic carbocycles. The third-order valence-electron chi connectivity index (χ3n) is 4.46. The van der Waals surface area contributed by atoms with E-state index in [9.17, 15) is 4.79 Å². The molecule has 24 heavy (non-hydrogen) atoms. The Morgan fingerprint density at radius 3 is 1.75 bits per heavy atom. The number of likely N-dealkylation sites (N-methyl/N-ethyl adjacent to an activating group) is 1. The fourth-order valence-electron chi connectivity index (χ4n) is 2.94. The SMILES string of the molecule is CCCCCC/C=C/CCCCCCCCCCN(C)CC(=O)O. The van der Waals surface area contributed by atoms with E-state index in [1.165, 1.54) is 83.5 Å². The van der Waals surface area contributed by atoms with Gasteiger partial charge in [-0.3, -0.25) is 9.69 Å². The summed E-state index contributed by atoms with van der Waals surface area (Å²) in [5.41, 5.74) is 0. The van der Waals surface area contributed by atoms with E-state index in [2.05, 4.69) is 19.1 Å². The summed E-state index contributed by atoms with van der Waals surface area (Å²) in [6, 6.07) is 0. The maximum atomic E-state index is 10.5. The molecule has 1 N–H and O–H groups in total. The van der Waals surface area contributed by atoms with E-state index < -0.39 is 5.97 Å². The quantitative estimate of drug-likeness (QED) is 0.244. The highest BCUT2D eigenvalue weighted by molar-refractivity contribution is 5.68. The molecular weight excluding hydrogens is 298 g/mol. The molecule has 0 aliphatic rings. The number of carbonyl (C=O) groups is 1. The molecule has 3 nitrogen and oxygen atoms in total. The smallest absolute Gasteiger partial charge is 0.317 e. The molecule has 0 aromatic rings. The molecule has 0 bridgehead atoms. The number of hydrogen-bond donors (Lipinski definition) is 1. The van der Waals surface area contributed by atoms with Gasteiger partial charge in [-0.2, -0.15) is 0 Å². The molecule has 0 fully saturated rings. The molecule has 0 atom stereocenters. The van der Waals surface area contributed by atoms with E-state index in [1.807, 2.05) is 11.9 Å². The molecule has 0 saturated carbocycles. The lowest BCUT2D eigenvalue weighted by Gasteiger charge is -2.13. The lowest BCUT2D eigenvalue weighted by Crippen LogP contribution is -2.26. The second-order valence-corrected chi connectivity index (χ2v) is 7.07. The number of aliphatic carboxylic acids is 1. The average Bonchev–Trinajstić information content (AvgIpc) is 2.53. The van der Waals surface area contributed by atoms with Crippen LogP contribution in [0.5, 0.6) is 0 Å². The predicted molar refractivity (Wildman–Crippen MR) is 105 cm³/mol. The van der Waals surface area contributed by atoms with Gasteiger partial charge in [0, 0.05) is 0 Å². The Bertz CT molecular complexity index is 302. The highest BCUT2D eigenvalue weighted by atomic mass is 16.4. The number of carboxylic acid groups (broad SMARTS) is 1. The van der Waals surface area contributed by atoms with Crippen molar-refractivity contribution in [1.82, 2.24) is 4.90 Å². The van der Waals surface area contributed by atoms with Gasteiger partial charge in [-0.05, 0) is 45.7 Å². The molecule has 0 amide bonds. The number of unbranched alkanes of at least 4 members (excludes halogenated alkanes) is 12. The van der Waals surface area contributed by atoms with Crippen molar-refractivity contribution in [2.24, 2.45) is 0 Å². The first-order chi connectivity index (χ1) is 11.7. The Morgan fingerprint density at radius 1 is 0.792 bits per heavy atom. The Balaban J connectivity index is 3.15. The minimum Gasteiger partial charge on any atom is -0.480 e. The Hall–Kier alpha value is -0.830. The summed E-state index contributed by atoms with van der Waals surface area (Å²) >= 11 is 0. The Labute approximate surface area is 150 Å². The van der Waals surface area contributed by atoms with Gasteiger partial charge < -0.3 is 5.11 Å². The second kappa shape index (κ2) is 18.5. The van der Waals surface area contributed by atoms with E-state index in [1.54, 1.807) is 0 Å². The van der Waals surface area contributed by atoms with Crippen LogP contribution in [0.2, 0.25) is 0 Å². The van der Waals surface area contributed by atoms with Gasteiger partial charge in [0.15, 0.2) is 0 Å². The van der Waals surface area contributed by atoms with Crippen molar-refractivity contribution in [2.45, 2.75) is 96.8 Å². The fraction of sp³-hybridized carbons (Fsp3) is 0.857. The number of allylic oxidation sites excluding steroid dienone is 2. The van der Waals surface area contributed by atoms with Crippen LogP contribution in [-0.4, -0.2) is 36.1 Å². The van der Waals surface area contributed by atoms with Crippen molar-refractivity contribution in [3.05, 3.63) is 12.2 Å². The Kier molecular flexibility index (Phi) is 17.9. The maximum Gasteiger partial charge on any atom is 0.317 e. The van der Waals surface area contributed by atoms with Gasteiger partial charge in [0.05, 0.1) is 6.54 Å². The van der Waals surface area contributed by atoms with Gasteiger partial charge in [0.2, 0.25) is 0 Å². The minimum absolute atomic E-state index is 0.160. The van der Waals surface area contributed by atoms with Crippen LogP contribution >= 0.6 is 0 Å². The topological polar surface area (TPSA) is 40.5 Å². The maximum absolute atomic E-state index is 10.5. The largest absolute Gasteiger partial charge is 0.480 e. The van der Waals surface area contributed by atoms with E-state index in [4.69, 9.17) is 5.11 Å². The highest BCUT2D eigenvalue weighted by Gasteiger charge is 2.02. The zero-order valence-corrected chi connectivity index (χ0v) is 16.3. The van der Waals surface area contributed by atoms with Crippen LogP contribution in [0.4, 0.5) is 0 Å². The third-order valence-corrected chi connectivity index (χ3v) is 4.46. The molecule has 0 saturated heterocycles. The minimum atomic E-state index is -0.733. The zero-order chi connectivity index (χ0) is 17.9. The highest BCUT2D eigenvalue weighted by Crippen LogP contribution is 2.10. The van der Waals surface area contributed by atoms with E-state index in [0.717, 1.165) is 13.0 Å². The van der Waals surface area contributed by atoms with Gasteiger partial charge in [-0.25, -0.2) is 0 Å². The normalized spacial score (nSPS) is 11.6. The van der Waals surface area contributed by atoms with Gasteiger partial charge in [0.1, 0.15) is 0 Å². The second-order valence-electron chi connectivity index (χ2n) is 7.07. The van der Waals surface area contributed by atoms with Crippen LogP contribution in [-0.2, 0) is 4.79 Å². The first kappa shape index (κ1) is 23.2. The summed E-state index contributed by atoms with van der Waals surface area (Å²) in [7, 11) is 1.88. The van der Waals surface area contributed by atoms with Crippen LogP contribution in [0.25, 0.3) is 0 Å². The van der Waals surface area contributed by atoms with E-state index >= 15 is 0 Å². The van der Waals surface area contributed by atoms with Gasteiger partial charge in [-0.1, -0.05) is 76.9 Å². The summed E-state index contributed by atoms with van der Waals surface area (Å²) in [6.45, 7) is 3.32. The molecule has 142 valence electrons. The molecule has 0 aromatic heterocycles. The van der Waals surface area contributed by atoms with Crippen LogP contribution in [0.3, 0.4) is 0 Å². The van der Waals surface area contributed by atoms with Gasteiger partial charge >= 0.3 is 5.97 Å². The monoisotopic (exact) mass is 339 g/mol. The lowest BCUT2D eigenvalue weighted by molar-refractivity contribution is -0.137. The van der Waals surface area contributed by atoms with Crippen molar-refractivity contribution < 1.29 is 9.90 Å². The van der Waals surface area contributed by atoms with Gasteiger partial charge in [0.25, 0.3) is 0 Å². The molecule has 0 aliphatic carbocycles. The molecule has 3 heteroatoms. The average molecular weight is 340 g/mol. The Morgan fingerprint density at radius 2 is 1.25 bits per heavy atom. The summed E-state index contributed by atoms with van der Waals surface area (Å²) < 4.78 is 0. The third kappa shape index (κ3) is 19.2. The molecule has 0 rings (SSSR count). The van der Waals surface area contributed by atoms with Crippen LogP contribution < -0.4 is 0 Å². The number of carboxylic acids is 1. The number of hydrogen-bond acceptors (Lipinski definition) is 2. The van der Waals surface area contributed by atoms with Crippen LogP contribution in [0.1, 0.15) is 96.8 Å². The summed E-state index contributed by atoms with van der Waals surface area (Å²) in [6.07, 6.45) is 23.1. The number of rotatable bonds is 18. The molecule has 0 radical (unpaired) electrons. The van der Waals surface area contributed by atoms with Gasteiger partial charge in [-0.15, -0.1) is 0 Å². The van der Waals surface area contributed by atoms with Crippen molar-refractivity contribution in [1.29, 1.82) is 0 Å². The zero-order valence-electron chi connectivity index (χ0n) is 16.3. The molecule has 0 spiro atoms. The first-order valence-electron chi connectivity index (χ1n) is 10.2. The van der Waals surface area contributed by atoms with E-state index in [-0.39, 0.29) is 6.54 Å². The molecular formula is C21H41NO2. The van der Waals surface area contributed by atoms with E-state index in [0.29, 0.717) is 0 Å².